The number of carbonyl (C=O) groups is 2. The van der Waals surface area contributed by atoms with Crippen molar-refractivity contribution in [2.45, 2.75) is 26.3 Å². The van der Waals surface area contributed by atoms with Crippen LogP contribution in [-0.4, -0.2) is 30.3 Å². The van der Waals surface area contributed by atoms with E-state index in [1.165, 1.54) is 4.90 Å². The van der Waals surface area contributed by atoms with Gasteiger partial charge in [0.05, 0.1) is 5.69 Å². The summed E-state index contributed by atoms with van der Waals surface area (Å²) in [5.74, 6) is -0.943. The molecule has 28 heavy (non-hydrogen) atoms. The summed E-state index contributed by atoms with van der Waals surface area (Å²) < 4.78 is 0. The van der Waals surface area contributed by atoms with Crippen LogP contribution in [0.2, 0.25) is 10.0 Å². The normalized spacial score (nSPS) is 25.3. The van der Waals surface area contributed by atoms with E-state index in [-0.39, 0.29) is 29.6 Å². The van der Waals surface area contributed by atoms with Crippen molar-refractivity contribution in [3.05, 3.63) is 63.1 Å². The summed E-state index contributed by atoms with van der Waals surface area (Å²) >= 11 is 12.8. The summed E-state index contributed by atoms with van der Waals surface area (Å²) in [5, 5.41) is 1.23. The molecule has 146 valence electrons. The van der Waals surface area contributed by atoms with Gasteiger partial charge in [0, 0.05) is 40.9 Å². The lowest BCUT2D eigenvalue weighted by molar-refractivity contribution is -0.122. The maximum Gasteiger partial charge on any atom is 0.237 e. The summed E-state index contributed by atoms with van der Waals surface area (Å²) in [6.07, 6.45) is 0. The van der Waals surface area contributed by atoms with Crippen molar-refractivity contribution >= 4 is 40.7 Å². The molecule has 0 spiro atoms. The van der Waals surface area contributed by atoms with Gasteiger partial charge in [-0.25, -0.2) is 4.90 Å². The molecular weight excluding hydrogens is 395 g/mol. The van der Waals surface area contributed by atoms with Crippen LogP contribution in [0.1, 0.15) is 36.5 Å². The zero-order valence-corrected chi connectivity index (χ0v) is 17.6. The molecule has 1 fully saturated rings. The Kier molecular flexibility index (Phi) is 4.98. The van der Waals surface area contributed by atoms with E-state index in [0.717, 1.165) is 29.8 Å². The molecule has 4 nitrogen and oxygen atoms in total. The number of anilines is 1. The lowest BCUT2D eigenvalue weighted by Gasteiger charge is -2.35. The third-order valence-electron chi connectivity index (χ3n) is 6.02. The maximum atomic E-state index is 12.8. The van der Waals surface area contributed by atoms with Gasteiger partial charge < -0.3 is 4.90 Å². The van der Waals surface area contributed by atoms with Crippen molar-refractivity contribution < 1.29 is 9.59 Å². The number of benzene rings is 2. The van der Waals surface area contributed by atoms with Gasteiger partial charge in [-0.3, -0.25) is 9.59 Å². The first kappa shape index (κ1) is 19.4. The zero-order chi connectivity index (χ0) is 20.2. The van der Waals surface area contributed by atoms with Gasteiger partial charge in [0.15, 0.2) is 0 Å². The number of para-hydroxylation sites is 1. The lowest BCUT2D eigenvalue weighted by Crippen LogP contribution is -2.35. The van der Waals surface area contributed by atoms with Crippen LogP contribution in [-0.2, 0) is 16.1 Å². The number of hydrogen-bond donors (Lipinski definition) is 0. The predicted molar refractivity (Wildman–Crippen MR) is 112 cm³/mol. The van der Waals surface area contributed by atoms with Gasteiger partial charge in [0.25, 0.3) is 0 Å². The number of rotatable bonds is 2. The molecule has 0 aromatic heterocycles. The summed E-state index contributed by atoms with van der Waals surface area (Å²) in [7, 11) is 2.04. The molecule has 0 bridgehead atoms. The standard InChI is InChI=1S/C22H22Cl2N2O2/c1-12-13(2)22(28)26(21(12)27)20-7-5-4-6-15(20)17-10-25(3)11-18-16(17)8-14(23)9-19(18)24/h4-9,12-13,17H,10-11H2,1-3H3/t12-,13+,17?. The van der Waals surface area contributed by atoms with Crippen molar-refractivity contribution in [1.29, 1.82) is 0 Å². The Morgan fingerprint density at radius 1 is 0.964 bits per heavy atom. The van der Waals surface area contributed by atoms with Crippen molar-refractivity contribution in [2.24, 2.45) is 11.8 Å². The van der Waals surface area contributed by atoms with E-state index >= 15 is 0 Å². The fourth-order valence-electron chi connectivity index (χ4n) is 4.28. The Bertz CT molecular complexity index is 955. The van der Waals surface area contributed by atoms with Crippen LogP contribution in [0.25, 0.3) is 0 Å². The Morgan fingerprint density at radius 2 is 1.61 bits per heavy atom. The molecular formula is C22H22Cl2N2O2. The van der Waals surface area contributed by atoms with Crippen LogP contribution in [0.3, 0.4) is 0 Å². The highest BCUT2D eigenvalue weighted by atomic mass is 35.5. The molecule has 0 radical (unpaired) electrons. The third kappa shape index (κ3) is 3.04. The van der Waals surface area contributed by atoms with Crippen LogP contribution < -0.4 is 4.90 Å². The summed E-state index contributed by atoms with van der Waals surface area (Å²) in [4.78, 5) is 29.2. The number of nitrogens with zero attached hydrogens (tertiary/aromatic N) is 2. The van der Waals surface area contributed by atoms with Crippen LogP contribution in [0.15, 0.2) is 36.4 Å². The number of imide groups is 1. The number of fused-ring (bicyclic) bond motifs is 1. The number of amides is 2. The summed E-state index contributed by atoms with van der Waals surface area (Å²) in [6, 6.07) is 11.4. The molecule has 1 saturated heterocycles. The lowest BCUT2D eigenvalue weighted by atomic mass is 9.83. The Balaban J connectivity index is 1.87. The van der Waals surface area contributed by atoms with Crippen molar-refractivity contribution in [3.63, 3.8) is 0 Å². The average molecular weight is 417 g/mol. The molecule has 3 atom stereocenters. The molecule has 2 aromatic rings. The van der Waals surface area contributed by atoms with E-state index in [2.05, 4.69) is 4.90 Å². The van der Waals surface area contributed by atoms with E-state index in [4.69, 9.17) is 23.2 Å². The number of carbonyl (C=O) groups excluding carboxylic acids is 2. The van der Waals surface area contributed by atoms with Crippen LogP contribution in [0.4, 0.5) is 5.69 Å². The molecule has 6 heteroatoms. The topological polar surface area (TPSA) is 40.6 Å². The highest BCUT2D eigenvalue weighted by Gasteiger charge is 2.44. The second kappa shape index (κ2) is 7.18. The van der Waals surface area contributed by atoms with Gasteiger partial charge in [-0.15, -0.1) is 0 Å². The van der Waals surface area contributed by atoms with Gasteiger partial charge in [-0.1, -0.05) is 55.2 Å². The summed E-state index contributed by atoms with van der Waals surface area (Å²) in [5.41, 5.74) is 3.70. The van der Waals surface area contributed by atoms with Crippen LogP contribution >= 0.6 is 23.2 Å². The number of halogens is 2. The van der Waals surface area contributed by atoms with Gasteiger partial charge in [0.2, 0.25) is 11.8 Å². The average Bonchev–Trinajstić information content (AvgIpc) is 2.85. The van der Waals surface area contributed by atoms with Crippen LogP contribution in [0, 0.1) is 11.8 Å². The minimum absolute atomic E-state index is 0.0343. The molecule has 4 rings (SSSR count). The largest absolute Gasteiger partial charge is 0.301 e. The molecule has 2 aliphatic rings. The summed E-state index contributed by atoms with van der Waals surface area (Å²) in [6.45, 7) is 5.12. The second-order valence-electron chi connectivity index (χ2n) is 7.85. The van der Waals surface area contributed by atoms with Crippen molar-refractivity contribution in [1.82, 2.24) is 4.90 Å². The third-order valence-corrected chi connectivity index (χ3v) is 6.57. The van der Waals surface area contributed by atoms with E-state index < -0.39 is 0 Å². The van der Waals surface area contributed by atoms with Crippen molar-refractivity contribution in [2.75, 3.05) is 18.5 Å². The number of likely N-dealkylation sites (N-methyl/N-ethyl adjacent to an activating group) is 1. The first-order valence-electron chi connectivity index (χ1n) is 9.42. The molecule has 0 aliphatic carbocycles. The highest BCUT2D eigenvalue weighted by molar-refractivity contribution is 6.35. The smallest absolute Gasteiger partial charge is 0.237 e. The van der Waals surface area contributed by atoms with Crippen molar-refractivity contribution in [3.8, 4) is 0 Å². The van der Waals surface area contributed by atoms with E-state index in [1.54, 1.807) is 6.07 Å². The van der Waals surface area contributed by atoms with Crippen LogP contribution in [0.5, 0.6) is 0 Å². The molecule has 1 unspecified atom stereocenters. The Morgan fingerprint density at radius 3 is 2.29 bits per heavy atom. The quantitative estimate of drug-likeness (QED) is 0.665. The maximum absolute atomic E-state index is 12.8. The van der Waals surface area contributed by atoms with E-state index in [9.17, 15) is 9.59 Å². The fraction of sp³-hybridized carbons (Fsp3) is 0.364. The zero-order valence-electron chi connectivity index (χ0n) is 16.1. The first-order valence-corrected chi connectivity index (χ1v) is 10.2. The Labute approximate surface area is 175 Å². The molecule has 2 amide bonds. The SMILES string of the molecule is C[C@@H]1C(=O)N(c2ccccc2C2CN(C)Cc3c(Cl)cc(Cl)cc32)C(=O)[C@@H]1C. The van der Waals surface area contributed by atoms with Gasteiger partial charge in [-0.2, -0.15) is 0 Å². The van der Waals surface area contributed by atoms with Gasteiger partial charge >= 0.3 is 0 Å². The molecule has 2 aromatic carbocycles. The van der Waals surface area contributed by atoms with E-state index in [0.29, 0.717) is 15.7 Å². The molecule has 2 aliphatic heterocycles. The Hall–Kier alpha value is -1.88. The number of hydrogen-bond acceptors (Lipinski definition) is 3. The first-order chi connectivity index (χ1) is 13.3. The van der Waals surface area contributed by atoms with Gasteiger partial charge in [0.1, 0.15) is 0 Å². The fourth-order valence-corrected chi connectivity index (χ4v) is 4.85. The van der Waals surface area contributed by atoms with E-state index in [1.807, 2.05) is 51.2 Å². The predicted octanol–water partition coefficient (Wildman–Crippen LogP) is 4.72. The second-order valence-corrected chi connectivity index (χ2v) is 8.70. The molecule has 0 N–H and O–H groups in total. The minimum atomic E-state index is -0.314. The monoisotopic (exact) mass is 416 g/mol. The molecule has 0 saturated carbocycles. The molecule has 2 heterocycles. The minimum Gasteiger partial charge on any atom is -0.301 e. The highest BCUT2D eigenvalue weighted by Crippen LogP contribution is 2.42. The van der Waals surface area contributed by atoms with Gasteiger partial charge in [-0.05, 0) is 41.9 Å².